The van der Waals surface area contributed by atoms with E-state index in [4.69, 9.17) is 0 Å². The SMILES string of the molecule is Cc1ccc(-c2cc(C(C)(C)CN3CCCCC3)nc(S(=O)(=O)C(F)(F)F)c2C#N)cc1. The lowest BCUT2D eigenvalue weighted by Crippen LogP contribution is -2.40. The fourth-order valence-electron chi connectivity index (χ4n) is 4.00. The number of benzene rings is 1. The topological polar surface area (TPSA) is 74.1 Å². The van der Waals surface area contributed by atoms with E-state index in [2.05, 4.69) is 9.88 Å². The van der Waals surface area contributed by atoms with Gasteiger partial charge in [-0.05, 0) is 44.5 Å². The summed E-state index contributed by atoms with van der Waals surface area (Å²) in [6, 6.07) is 10.1. The lowest BCUT2D eigenvalue weighted by atomic mass is 9.85. The van der Waals surface area contributed by atoms with Gasteiger partial charge in [-0.3, -0.25) is 0 Å². The first-order valence-corrected chi connectivity index (χ1v) is 11.9. The Morgan fingerprint density at radius 3 is 2.22 bits per heavy atom. The van der Waals surface area contributed by atoms with E-state index in [1.165, 1.54) is 0 Å². The first-order chi connectivity index (χ1) is 14.9. The van der Waals surface area contributed by atoms with Crippen LogP contribution in [-0.2, 0) is 15.3 Å². The number of nitrogens with zero attached hydrogens (tertiary/aromatic N) is 3. The smallest absolute Gasteiger partial charge is 0.302 e. The molecule has 0 bridgehead atoms. The van der Waals surface area contributed by atoms with Crippen molar-refractivity contribution in [3.8, 4) is 17.2 Å². The summed E-state index contributed by atoms with van der Waals surface area (Å²) in [4.78, 5) is 6.18. The highest BCUT2D eigenvalue weighted by Gasteiger charge is 2.50. The number of aryl methyl sites for hydroxylation is 1. The van der Waals surface area contributed by atoms with Crippen LogP contribution in [0.4, 0.5) is 13.2 Å². The molecule has 0 unspecified atom stereocenters. The van der Waals surface area contributed by atoms with Gasteiger partial charge in [0.15, 0.2) is 5.03 Å². The quantitative estimate of drug-likeness (QED) is 0.622. The van der Waals surface area contributed by atoms with Crippen LogP contribution in [0.15, 0.2) is 35.4 Å². The Morgan fingerprint density at radius 1 is 1.09 bits per heavy atom. The molecule has 2 aromatic rings. The highest BCUT2D eigenvalue weighted by atomic mass is 32.2. The largest absolute Gasteiger partial charge is 0.503 e. The molecule has 1 aromatic heterocycles. The Kier molecular flexibility index (Phi) is 6.68. The summed E-state index contributed by atoms with van der Waals surface area (Å²) in [5.74, 6) is 0. The van der Waals surface area contributed by atoms with E-state index in [-0.39, 0.29) is 11.3 Å². The van der Waals surface area contributed by atoms with Crippen LogP contribution in [0.2, 0.25) is 0 Å². The highest BCUT2D eigenvalue weighted by molar-refractivity contribution is 7.92. The van der Waals surface area contributed by atoms with Gasteiger partial charge in [0.25, 0.3) is 9.84 Å². The van der Waals surface area contributed by atoms with E-state index in [1.54, 1.807) is 36.4 Å². The molecule has 172 valence electrons. The number of pyridine rings is 1. The molecule has 1 aliphatic heterocycles. The molecule has 0 radical (unpaired) electrons. The molecule has 0 N–H and O–H groups in total. The Hall–Kier alpha value is -2.44. The minimum absolute atomic E-state index is 0.132. The van der Waals surface area contributed by atoms with Gasteiger partial charge >= 0.3 is 5.51 Å². The number of rotatable bonds is 5. The molecule has 0 atom stereocenters. The van der Waals surface area contributed by atoms with Crippen molar-refractivity contribution >= 4 is 9.84 Å². The van der Waals surface area contributed by atoms with Gasteiger partial charge in [-0.15, -0.1) is 0 Å². The van der Waals surface area contributed by atoms with Gasteiger partial charge in [0.2, 0.25) is 0 Å². The molecule has 1 saturated heterocycles. The van der Waals surface area contributed by atoms with E-state index >= 15 is 0 Å². The number of hydrogen-bond donors (Lipinski definition) is 0. The molecule has 32 heavy (non-hydrogen) atoms. The number of alkyl halides is 3. The highest BCUT2D eigenvalue weighted by Crippen LogP contribution is 2.38. The van der Waals surface area contributed by atoms with Crippen molar-refractivity contribution < 1.29 is 21.6 Å². The zero-order chi connectivity index (χ0) is 23.7. The van der Waals surface area contributed by atoms with Gasteiger partial charge in [-0.2, -0.15) is 18.4 Å². The Bertz CT molecular complexity index is 1130. The van der Waals surface area contributed by atoms with Crippen molar-refractivity contribution in [3.05, 3.63) is 47.2 Å². The molecular weight excluding hydrogens is 439 g/mol. The predicted octanol–water partition coefficient (Wildman–Crippen LogP) is 4.99. The number of piperidine rings is 1. The molecule has 1 aliphatic rings. The van der Waals surface area contributed by atoms with Crippen LogP contribution in [0.1, 0.15) is 49.9 Å². The monoisotopic (exact) mass is 465 g/mol. The summed E-state index contributed by atoms with van der Waals surface area (Å²) >= 11 is 0. The summed E-state index contributed by atoms with van der Waals surface area (Å²) in [5.41, 5.74) is -5.17. The summed E-state index contributed by atoms with van der Waals surface area (Å²) in [6.07, 6.45) is 3.22. The second-order valence-electron chi connectivity index (χ2n) is 8.88. The lowest BCUT2D eigenvalue weighted by molar-refractivity contribution is -0.0438. The maximum Gasteiger partial charge on any atom is 0.503 e. The summed E-state index contributed by atoms with van der Waals surface area (Å²) in [5, 5.41) is 8.44. The maximum atomic E-state index is 13.5. The van der Waals surface area contributed by atoms with Gasteiger partial charge in [-0.25, -0.2) is 13.4 Å². The fourth-order valence-corrected chi connectivity index (χ4v) is 4.86. The van der Waals surface area contributed by atoms with E-state index in [9.17, 15) is 26.9 Å². The lowest BCUT2D eigenvalue weighted by Gasteiger charge is -2.35. The van der Waals surface area contributed by atoms with Crippen molar-refractivity contribution in [2.75, 3.05) is 19.6 Å². The van der Waals surface area contributed by atoms with Crippen molar-refractivity contribution in [2.24, 2.45) is 0 Å². The van der Waals surface area contributed by atoms with Crippen LogP contribution in [0.5, 0.6) is 0 Å². The first-order valence-electron chi connectivity index (χ1n) is 10.4. The van der Waals surface area contributed by atoms with Crippen molar-refractivity contribution in [1.29, 1.82) is 5.26 Å². The number of aromatic nitrogens is 1. The second-order valence-corrected chi connectivity index (χ2v) is 10.7. The summed E-state index contributed by atoms with van der Waals surface area (Å²) in [6.45, 7) is 7.78. The molecule has 3 rings (SSSR count). The zero-order valence-corrected chi connectivity index (χ0v) is 19.1. The molecule has 0 saturated carbocycles. The van der Waals surface area contributed by atoms with Gasteiger partial charge in [-0.1, -0.05) is 50.1 Å². The average Bonchev–Trinajstić information content (AvgIpc) is 2.73. The minimum Gasteiger partial charge on any atom is -0.302 e. The first kappa shape index (κ1) is 24.2. The summed E-state index contributed by atoms with van der Waals surface area (Å²) in [7, 11) is -5.82. The maximum absolute atomic E-state index is 13.5. The molecular formula is C23H26F3N3O2S. The molecule has 0 spiro atoms. The molecule has 9 heteroatoms. The van der Waals surface area contributed by atoms with Gasteiger partial charge in [0.1, 0.15) is 6.07 Å². The van der Waals surface area contributed by atoms with E-state index < -0.39 is 31.3 Å². The minimum atomic E-state index is -5.82. The number of sulfone groups is 1. The normalized spacial score (nSPS) is 16.0. The number of halogens is 3. The number of likely N-dealkylation sites (tertiary alicyclic amines) is 1. The van der Waals surface area contributed by atoms with Gasteiger partial charge < -0.3 is 4.90 Å². The van der Waals surface area contributed by atoms with Gasteiger partial charge in [0.05, 0.1) is 5.56 Å². The molecule has 2 heterocycles. The van der Waals surface area contributed by atoms with Crippen LogP contribution < -0.4 is 0 Å². The van der Waals surface area contributed by atoms with Crippen LogP contribution >= 0.6 is 0 Å². The third-order valence-electron chi connectivity index (χ3n) is 5.78. The van der Waals surface area contributed by atoms with Crippen molar-refractivity contribution in [3.63, 3.8) is 0 Å². The standard InChI is InChI=1S/C23H26F3N3O2S/c1-16-7-9-17(10-8-16)18-13-20(22(2,3)15-29-11-5-4-6-12-29)28-21(19(18)14-27)32(30,31)23(24,25)26/h7-10,13H,4-6,11-12,15H2,1-3H3. The Labute approximate surface area is 186 Å². The van der Waals surface area contributed by atoms with E-state index in [1.807, 2.05) is 20.8 Å². The third kappa shape index (κ3) is 4.81. The molecule has 5 nitrogen and oxygen atoms in total. The van der Waals surface area contributed by atoms with Crippen molar-refractivity contribution in [1.82, 2.24) is 9.88 Å². The third-order valence-corrected chi connectivity index (χ3v) is 7.19. The van der Waals surface area contributed by atoms with Crippen LogP contribution in [0.25, 0.3) is 11.1 Å². The molecule has 0 aliphatic carbocycles. The van der Waals surface area contributed by atoms with Crippen molar-refractivity contribution in [2.45, 2.75) is 56.0 Å². The molecule has 1 fully saturated rings. The average molecular weight is 466 g/mol. The molecule has 0 amide bonds. The molecule has 1 aromatic carbocycles. The van der Waals surface area contributed by atoms with Gasteiger partial charge in [0, 0.05) is 23.2 Å². The van der Waals surface area contributed by atoms with Crippen LogP contribution in [0.3, 0.4) is 0 Å². The van der Waals surface area contributed by atoms with Crippen LogP contribution in [0, 0.1) is 18.3 Å². The fraction of sp³-hybridized carbons (Fsp3) is 0.478. The Balaban J connectivity index is 2.24. The van der Waals surface area contributed by atoms with E-state index in [0.29, 0.717) is 12.1 Å². The predicted molar refractivity (Wildman–Crippen MR) is 116 cm³/mol. The Morgan fingerprint density at radius 2 is 1.69 bits per heavy atom. The van der Waals surface area contributed by atoms with E-state index in [0.717, 1.165) is 37.9 Å². The summed E-state index contributed by atoms with van der Waals surface area (Å²) < 4.78 is 65.2. The number of hydrogen-bond acceptors (Lipinski definition) is 5. The number of nitriles is 1. The van der Waals surface area contributed by atoms with Crippen LogP contribution in [-0.4, -0.2) is 43.4 Å². The zero-order valence-electron chi connectivity index (χ0n) is 18.3. The second kappa shape index (κ2) is 8.83.